The highest BCUT2D eigenvalue weighted by Gasteiger charge is 2.23. The number of aromatic nitrogens is 2. The van der Waals surface area contributed by atoms with Crippen LogP contribution in [0.4, 0.5) is 0 Å². The first kappa shape index (κ1) is 14.7. The summed E-state index contributed by atoms with van der Waals surface area (Å²) in [5.74, 6) is 1.19. The third kappa shape index (κ3) is 3.51. The molecule has 112 valence electrons. The predicted octanol–water partition coefficient (Wildman–Crippen LogP) is 3.11. The van der Waals surface area contributed by atoms with Gasteiger partial charge in [0, 0.05) is 17.6 Å². The van der Waals surface area contributed by atoms with Gasteiger partial charge in [0.1, 0.15) is 0 Å². The fourth-order valence-corrected chi connectivity index (χ4v) is 3.12. The van der Waals surface area contributed by atoms with Crippen LogP contribution in [0.5, 0.6) is 0 Å². The Bertz CT molecular complexity index is 606. The first-order chi connectivity index (χ1) is 10.1. The minimum atomic E-state index is 0.236. The lowest BCUT2D eigenvalue weighted by Gasteiger charge is -2.34. The zero-order valence-electron chi connectivity index (χ0n) is 12.1. The first-order valence-corrected chi connectivity index (χ1v) is 7.86. The molecule has 0 aliphatic carbocycles. The third-order valence-electron chi connectivity index (χ3n) is 3.43. The summed E-state index contributed by atoms with van der Waals surface area (Å²) in [4.78, 5) is 2.29. The SMILES string of the molecule is CC1CN(Cc2nnc(-c3ccccc3Br)o2)CC(C)O1. The van der Waals surface area contributed by atoms with Crippen molar-refractivity contribution in [3.05, 3.63) is 34.6 Å². The molecule has 3 rings (SSSR count). The molecule has 6 heteroatoms. The lowest BCUT2D eigenvalue weighted by atomic mass is 10.2. The van der Waals surface area contributed by atoms with Gasteiger partial charge in [0.25, 0.3) is 0 Å². The first-order valence-electron chi connectivity index (χ1n) is 7.07. The van der Waals surface area contributed by atoms with Gasteiger partial charge >= 0.3 is 0 Å². The molecule has 0 radical (unpaired) electrons. The topological polar surface area (TPSA) is 51.4 Å². The van der Waals surface area contributed by atoms with E-state index in [1.807, 2.05) is 24.3 Å². The van der Waals surface area contributed by atoms with Gasteiger partial charge in [-0.2, -0.15) is 0 Å². The van der Waals surface area contributed by atoms with Crippen molar-refractivity contribution in [3.8, 4) is 11.5 Å². The van der Waals surface area contributed by atoms with Crippen LogP contribution in [0.1, 0.15) is 19.7 Å². The summed E-state index contributed by atoms with van der Waals surface area (Å²) in [5.41, 5.74) is 0.917. The van der Waals surface area contributed by atoms with Crippen molar-refractivity contribution in [3.63, 3.8) is 0 Å². The van der Waals surface area contributed by atoms with E-state index in [-0.39, 0.29) is 12.2 Å². The Morgan fingerprint density at radius 1 is 1.19 bits per heavy atom. The van der Waals surface area contributed by atoms with E-state index in [0.717, 1.165) is 23.1 Å². The minimum Gasteiger partial charge on any atom is -0.419 e. The summed E-state index contributed by atoms with van der Waals surface area (Å²) < 4.78 is 12.5. The molecule has 2 heterocycles. The Labute approximate surface area is 132 Å². The van der Waals surface area contributed by atoms with E-state index in [2.05, 4.69) is 44.9 Å². The largest absolute Gasteiger partial charge is 0.419 e. The van der Waals surface area contributed by atoms with Gasteiger partial charge in [0.15, 0.2) is 0 Å². The highest BCUT2D eigenvalue weighted by molar-refractivity contribution is 9.10. The lowest BCUT2D eigenvalue weighted by Crippen LogP contribution is -2.44. The van der Waals surface area contributed by atoms with E-state index in [0.29, 0.717) is 18.3 Å². The standard InChI is InChI=1S/C15H18BrN3O2/c1-10-7-19(8-11(2)20-10)9-14-17-18-15(21-14)12-5-3-4-6-13(12)16/h3-6,10-11H,7-9H2,1-2H3. The maximum atomic E-state index is 5.79. The Morgan fingerprint density at radius 3 is 2.62 bits per heavy atom. The summed E-state index contributed by atoms with van der Waals surface area (Å²) in [6.07, 6.45) is 0.471. The van der Waals surface area contributed by atoms with E-state index < -0.39 is 0 Å². The highest BCUT2D eigenvalue weighted by atomic mass is 79.9. The van der Waals surface area contributed by atoms with Crippen LogP contribution in [0.25, 0.3) is 11.5 Å². The van der Waals surface area contributed by atoms with Gasteiger partial charge in [-0.15, -0.1) is 10.2 Å². The second-order valence-corrected chi connectivity index (χ2v) is 6.29. The molecule has 1 aliphatic rings. The molecule has 0 bridgehead atoms. The van der Waals surface area contributed by atoms with Gasteiger partial charge in [0.2, 0.25) is 11.8 Å². The van der Waals surface area contributed by atoms with Gasteiger partial charge in [-0.1, -0.05) is 12.1 Å². The van der Waals surface area contributed by atoms with Crippen LogP contribution in [-0.4, -0.2) is 40.4 Å². The van der Waals surface area contributed by atoms with Gasteiger partial charge in [-0.05, 0) is 41.9 Å². The number of hydrogen-bond donors (Lipinski definition) is 0. The van der Waals surface area contributed by atoms with Crippen LogP contribution in [0.15, 0.2) is 33.2 Å². The van der Waals surface area contributed by atoms with E-state index >= 15 is 0 Å². The Morgan fingerprint density at radius 2 is 1.90 bits per heavy atom. The summed E-state index contributed by atoms with van der Waals surface area (Å²) in [7, 11) is 0. The zero-order valence-corrected chi connectivity index (χ0v) is 13.7. The Kier molecular flexibility index (Phi) is 4.37. The molecule has 5 nitrogen and oxygen atoms in total. The molecule has 1 aromatic carbocycles. The highest BCUT2D eigenvalue weighted by Crippen LogP contribution is 2.27. The summed E-state index contributed by atoms with van der Waals surface area (Å²) in [5, 5.41) is 8.30. The third-order valence-corrected chi connectivity index (χ3v) is 4.12. The van der Waals surface area contributed by atoms with Gasteiger partial charge in [0.05, 0.1) is 24.3 Å². The number of benzene rings is 1. The van der Waals surface area contributed by atoms with Crippen molar-refractivity contribution in [1.82, 2.24) is 15.1 Å². The number of ether oxygens (including phenoxy) is 1. The summed E-state index contributed by atoms with van der Waals surface area (Å²) >= 11 is 3.50. The van der Waals surface area contributed by atoms with Crippen molar-refractivity contribution >= 4 is 15.9 Å². The number of rotatable bonds is 3. The second-order valence-electron chi connectivity index (χ2n) is 5.43. The molecule has 0 N–H and O–H groups in total. The number of nitrogens with zero attached hydrogens (tertiary/aromatic N) is 3. The molecule has 1 saturated heterocycles. The van der Waals surface area contributed by atoms with E-state index in [1.165, 1.54) is 0 Å². The van der Waals surface area contributed by atoms with Crippen molar-refractivity contribution in [1.29, 1.82) is 0 Å². The molecule has 0 saturated carbocycles. The Hall–Kier alpha value is -1.24. The van der Waals surface area contributed by atoms with Crippen molar-refractivity contribution in [2.24, 2.45) is 0 Å². The molecule has 1 aromatic heterocycles. The normalized spacial score (nSPS) is 23.4. The van der Waals surface area contributed by atoms with Crippen LogP contribution < -0.4 is 0 Å². The molecule has 0 amide bonds. The molecule has 0 spiro atoms. The van der Waals surface area contributed by atoms with Crippen molar-refractivity contribution in [2.45, 2.75) is 32.6 Å². The molecule has 1 fully saturated rings. The fraction of sp³-hybridized carbons (Fsp3) is 0.467. The average Bonchev–Trinajstić information content (AvgIpc) is 2.86. The van der Waals surface area contributed by atoms with E-state index in [1.54, 1.807) is 0 Å². The Balaban J connectivity index is 1.72. The van der Waals surface area contributed by atoms with Gasteiger partial charge in [-0.25, -0.2) is 0 Å². The average molecular weight is 352 g/mol. The number of halogens is 1. The van der Waals surface area contributed by atoms with Crippen LogP contribution in [0.2, 0.25) is 0 Å². The predicted molar refractivity (Wildman–Crippen MR) is 82.7 cm³/mol. The molecule has 1 aliphatic heterocycles. The quantitative estimate of drug-likeness (QED) is 0.850. The summed E-state index contributed by atoms with van der Waals surface area (Å²) in [6.45, 7) is 6.61. The molecule has 2 atom stereocenters. The second kappa shape index (κ2) is 6.25. The molecule has 2 unspecified atom stereocenters. The maximum Gasteiger partial charge on any atom is 0.248 e. The zero-order chi connectivity index (χ0) is 14.8. The van der Waals surface area contributed by atoms with Gasteiger partial charge in [-0.3, -0.25) is 4.90 Å². The fourth-order valence-electron chi connectivity index (χ4n) is 2.67. The van der Waals surface area contributed by atoms with E-state index in [9.17, 15) is 0 Å². The molecule has 21 heavy (non-hydrogen) atoms. The summed E-state index contributed by atoms with van der Waals surface area (Å²) in [6, 6.07) is 7.83. The monoisotopic (exact) mass is 351 g/mol. The smallest absolute Gasteiger partial charge is 0.248 e. The molecular weight excluding hydrogens is 334 g/mol. The van der Waals surface area contributed by atoms with Crippen molar-refractivity contribution in [2.75, 3.05) is 13.1 Å². The molecule has 2 aromatic rings. The number of hydrogen-bond acceptors (Lipinski definition) is 5. The van der Waals surface area contributed by atoms with Crippen LogP contribution in [0, 0.1) is 0 Å². The van der Waals surface area contributed by atoms with Crippen LogP contribution in [0.3, 0.4) is 0 Å². The molecular formula is C15H18BrN3O2. The van der Waals surface area contributed by atoms with E-state index in [4.69, 9.17) is 9.15 Å². The minimum absolute atomic E-state index is 0.236. The van der Waals surface area contributed by atoms with Crippen LogP contribution in [-0.2, 0) is 11.3 Å². The maximum absolute atomic E-state index is 5.79. The van der Waals surface area contributed by atoms with Gasteiger partial charge < -0.3 is 9.15 Å². The lowest BCUT2D eigenvalue weighted by molar-refractivity contribution is -0.0721. The van der Waals surface area contributed by atoms with Crippen molar-refractivity contribution < 1.29 is 9.15 Å². The number of morpholine rings is 1. The van der Waals surface area contributed by atoms with Crippen LogP contribution >= 0.6 is 15.9 Å².